The molecule has 0 saturated heterocycles. The van der Waals surface area contributed by atoms with Gasteiger partial charge in [0.2, 0.25) is 0 Å². The van der Waals surface area contributed by atoms with E-state index in [4.69, 9.17) is 4.42 Å². The van der Waals surface area contributed by atoms with E-state index in [0.29, 0.717) is 0 Å². The monoisotopic (exact) mass is 164 g/mol. The van der Waals surface area contributed by atoms with E-state index in [9.17, 15) is 5.11 Å². The molecule has 0 aromatic carbocycles. The fraction of sp³-hybridized carbons (Fsp3) is 0.400. The SMILES string of the molecule is C=CC1(O)CCCc2occc21. The van der Waals surface area contributed by atoms with Gasteiger partial charge >= 0.3 is 0 Å². The Balaban J connectivity index is 2.50. The molecule has 0 aliphatic heterocycles. The van der Waals surface area contributed by atoms with Gasteiger partial charge in [0, 0.05) is 12.0 Å². The molecule has 1 aromatic rings. The van der Waals surface area contributed by atoms with E-state index in [0.717, 1.165) is 30.6 Å². The second-order valence-electron chi connectivity index (χ2n) is 3.24. The summed E-state index contributed by atoms with van der Waals surface area (Å²) in [6.07, 6.45) is 5.87. The second-order valence-corrected chi connectivity index (χ2v) is 3.24. The zero-order valence-corrected chi connectivity index (χ0v) is 6.92. The maximum atomic E-state index is 10.0. The second kappa shape index (κ2) is 2.49. The molecule has 1 atom stereocenters. The number of fused-ring (bicyclic) bond motifs is 1. The fourth-order valence-electron chi connectivity index (χ4n) is 1.79. The van der Waals surface area contributed by atoms with Crippen molar-refractivity contribution in [3.8, 4) is 0 Å². The van der Waals surface area contributed by atoms with Crippen molar-refractivity contribution in [3.05, 3.63) is 36.3 Å². The molecule has 0 saturated carbocycles. The zero-order valence-electron chi connectivity index (χ0n) is 6.92. The minimum atomic E-state index is -0.847. The molecule has 1 N–H and O–H groups in total. The maximum Gasteiger partial charge on any atom is 0.111 e. The Morgan fingerprint density at radius 1 is 1.67 bits per heavy atom. The number of furan rings is 1. The fourth-order valence-corrected chi connectivity index (χ4v) is 1.79. The first-order valence-electron chi connectivity index (χ1n) is 4.19. The molecule has 1 heterocycles. The molecular formula is C10H12O2. The third-order valence-electron chi connectivity index (χ3n) is 2.51. The lowest BCUT2D eigenvalue weighted by molar-refractivity contribution is 0.0676. The van der Waals surface area contributed by atoms with Gasteiger partial charge in [0.15, 0.2) is 0 Å². The van der Waals surface area contributed by atoms with Gasteiger partial charge in [0.25, 0.3) is 0 Å². The van der Waals surface area contributed by atoms with Crippen LogP contribution in [-0.2, 0) is 12.0 Å². The van der Waals surface area contributed by atoms with Crippen LogP contribution in [0, 0.1) is 0 Å². The van der Waals surface area contributed by atoms with Gasteiger partial charge in [-0.2, -0.15) is 0 Å². The minimum absolute atomic E-state index is 0.753. The van der Waals surface area contributed by atoms with Crippen molar-refractivity contribution < 1.29 is 9.52 Å². The Morgan fingerprint density at radius 3 is 3.25 bits per heavy atom. The van der Waals surface area contributed by atoms with E-state index >= 15 is 0 Å². The normalized spacial score (nSPS) is 28.1. The van der Waals surface area contributed by atoms with Gasteiger partial charge < -0.3 is 9.52 Å². The number of aliphatic hydroxyl groups is 1. The standard InChI is InChI=1S/C10H12O2/c1-2-10(11)6-3-4-9-8(10)5-7-12-9/h2,5,7,11H,1,3-4,6H2. The first kappa shape index (κ1) is 7.62. The van der Waals surface area contributed by atoms with E-state index in [1.807, 2.05) is 6.07 Å². The molecule has 2 nitrogen and oxygen atoms in total. The van der Waals surface area contributed by atoms with E-state index < -0.39 is 5.60 Å². The van der Waals surface area contributed by atoms with Crippen molar-refractivity contribution in [1.82, 2.24) is 0 Å². The average molecular weight is 164 g/mol. The summed E-state index contributed by atoms with van der Waals surface area (Å²) >= 11 is 0. The molecule has 1 unspecified atom stereocenters. The van der Waals surface area contributed by atoms with Crippen LogP contribution in [0.5, 0.6) is 0 Å². The Bertz CT molecular complexity index is 301. The molecule has 0 amide bonds. The zero-order chi connectivity index (χ0) is 8.60. The molecule has 0 spiro atoms. The highest BCUT2D eigenvalue weighted by molar-refractivity contribution is 5.31. The van der Waals surface area contributed by atoms with Crippen LogP contribution in [-0.4, -0.2) is 5.11 Å². The Morgan fingerprint density at radius 2 is 2.50 bits per heavy atom. The topological polar surface area (TPSA) is 33.4 Å². The van der Waals surface area contributed by atoms with Crippen LogP contribution in [0.1, 0.15) is 24.2 Å². The molecule has 0 bridgehead atoms. The molecule has 0 radical (unpaired) electrons. The number of hydrogen-bond acceptors (Lipinski definition) is 2. The van der Waals surface area contributed by atoms with Crippen LogP contribution in [0.3, 0.4) is 0 Å². The van der Waals surface area contributed by atoms with Crippen molar-refractivity contribution in [2.75, 3.05) is 0 Å². The highest BCUT2D eigenvalue weighted by atomic mass is 16.3. The lowest BCUT2D eigenvalue weighted by Crippen LogP contribution is -2.26. The smallest absolute Gasteiger partial charge is 0.111 e. The Labute approximate surface area is 71.5 Å². The van der Waals surface area contributed by atoms with Gasteiger partial charge in [-0.25, -0.2) is 0 Å². The summed E-state index contributed by atoms with van der Waals surface area (Å²) in [6, 6.07) is 1.83. The molecular weight excluding hydrogens is 152 g/mol. The molecule has 1 aliphatic rings. The van der Waals surface area contributed by atoms with Crippen molar-refractivity contribution in [3.63, 3.8) is 0 Å². The van der Waals surface area contributed by atoms with Crippen molar-refractivity contribution >= 4 is 0 Å². The van der Waals surface area contributed by atoms with Crippen molar-refractivity contribution in [2.24, 2.45) is 0 Å². The summed E-state index contributed by atoms with van der Waals surface area (Å²) in [5, 5.41) is 10.0. The number of aryl methyl sites for hydroxylation is 1. The van der Waals surface area contributed by atoms with Crippen LogP contribution in [0.15, 0.2) is 29.4 Å². The first-order valence-corrected chi connectivity index (χ1v) is 4.19. The van der Waals surface area contributed by atoms with Gasteiger partial charge in [-0.3, -0.25) is 0 Å². The summed E-state index contributed by atoms with van der Waals surface area (Å²) in [5.41, 5.74) is 0.0457. The average Bonchev–Trinajstić information content (AvgIpc) is 2.54. The van der Waals surface area contributed by atoms with Crippen LogP contribution >= 0.6 is 0 Å². The lowest BCUT2D eigenvalue weighted by atomic mass is 9.83. The molecule has 0 fully saturated rings. The lowest BCUT2D eigenvalue weighted by Gasteiger charge is -2.28. The molecule has 2 rings (SSSR count). The third kappa shape index (κ3) is 0.916. The van der Waals surface area contributed by atoms with Gasteiger partial charge in [-0.1, -0.05) is 12.7 Å². The number of rotatable bonds is 1. The molecule has 12 heavy (non-hydrogen) atoms. The van der Waals surface area contributed by atoms with Crippen LogP contribution in [0.4, 0.5) is 0 Å². The van der Waals surface area contributed by atoms with Gasteiger partial charge in [-0.15, -0.1) is 0 Å². The van der Waals surface area contributed by atoms with Crippen LogP contribution in [0.25, 0.3) is 0 Å². The quantitative estimate of drug-likeness (QED) is 0.644. The highest BCUT2D eigenvalue weighted by Gasteiger charge is 2.32. The summed E-state index contributed by atoms with van der Waals surface area (Å²) in [7, 11) is 0. The highest BCUT2D eigenvalue weighted by Crippen LogP contribution is 2.36. The molecule has 2 heteroatoms. The maximum absolute atomic E-state index is 10.0. The van der Waals surface area contributed by atoms with E-state index in [2.05, 4.69) is 6.58 Å². The third-order valence-corrected chi connectivity index (χ3v) is 2.51. The predicted molar refractivity (Wildman–Crippen MR) is 45.7 cm³/mol. The summed E-state index contributed by atoms with van der Waals surface area (Å²) in [6.45, 7) is 3.64. The largest absolute Gasteiger partial charge is 0.469 e. The van der Waals surface area contributed by atoms with Crippen LogP contribution in [0.2, 0.25) is 0 Å². The molecule has 1 aromatic heterocycles. The van der Waals surface area contributed by atoms with Crippen molar-refractivity contribution in [1.29, 1.82) is 0 Å². The van der Waals surface area contributed by atoms with E-state index in [1.54, 1.807) is 12.3 Å². The Kier molecular flexibility index (Phi) is 1.58. The van der Waals surface area contributed by atoms with E-state index in [1.165, 1.54) is 0 Å². The van der Waals surface area contributed by atoms with Gasteiger partial charge in [0.05, 0.1) is 6.26 Å². The first-order chi connectivity index (χ1) is 5.76. The van der Waals surface area contributed by atoms with Gasteiger partial charge in [-0.05, 0) is 18.9 Å². The molecule has 64 valence electrons. The Hall–Kier alpha value is -1.02. The van der Waals surface area contributed by atoms with Crippen molar-refractivity contribution in [2.45, 2.75) is 24.9 Å². The van der Waals surface area contributed by atoms with Crippen LogP contribution < -0.4 is 0 Å². The van der Waals surface area contributed by atoms with E-state index in [-0.39, 0.29) is 0 Å². The predicted octanol–water partition coefficient (Wildman–Crippen LogP) is 1.99. The molecule has 1 aliphatic carbocycles. The minimum Gasteiger partial charge on any atom is -0.469 e. The summed E-state index contributed by atoms with van der Waals surface area (Å²) in [4.78, 5) is 0. The summed E-state index contributed by atoms with van der Waals surface area (Å²) in [5.74, 6) is 0.906. The van der Waals surface area contributed by atoms with Gasteiger partial charge in [0.1, 0.15) is 11.4 Å². The number of hydrogen-bond donors (Lipinski definition) is 1. The summed E-state index contributed by atoms with van der Waals surface area (Å²) < 4.78 is 5.25.